The Kier molecular flexibility index (Phi) is 10.3. The van der Waals surface area contributed by atoms with Crippen LogP contribution in [0, 0.1) is 12.3 Å². The molecule has 0 aliphatic rings. The van der Waals surface area contributed by atoms with Crippen LogP contribution in [0.15, 0.2) is 24.3 Å². The average molecular weight is 448 g/mol. The van der Waals surface area contributed by atoms with Gasteiger partial charge in [0.05, 0.1) is 5.69 Å². The number of aliphatic carboxylic acids is 2. The van der Waals surface area contributed by atoms with Crippen LogP contribution < -0.4 is 21.4 Å². The number of terminal acetylenes is 1. The molecule has 1 aromatic carbocycles. The third-order valence-electron chi connectivity index (χ3n) is 4.21. The van der Waals surface area contributed by atoms with E-state index in [1.165, 1.54) is 18.2 Å². The van der Waals surface area contributed by atoms with Gasteiger partial charge in [-0.2, -0.15) is 5.06 Å². The number of amides is 3. The van der Waals surface area contributed by atoms with Gasteiger partial charge in [-0.1, -0.05) is 12.0 Å². The van der Waals surface area contributed by atoms with E-state index in [0.29, 0.717) is 10.6 Å². The van der Waals surface area contributed by atoms with Crippen molar-refractivity contribution in [2.45, 2.75) is 37.8 Å². The van der Waals surface area contributed by atoms with Crippen molar-refractivity contribution >= 4 is 35.3 Å². The SMILES string of the molecule is C#Cc1cccc(N(O)C(=O)CCC(NC(=O)CCC(N)C(=O)O)C(=O)NCC(=O)O)c1. The first-order chi connectivity index (χ1) is 15.0. The summed E-state index contributed by atoms with van der Waals surface area (Å²) in [5.41, 5.74) is 5.85. The minimum atomic E-state index is -1.32. The maximum absolute atomic E-state index is 12.3. The van der Waals surface area contributed by atoms with Crippen molar-refractivity contribution in [3.8, 4) is 12.3 Å². The van der Waals surface area contributed by atoms with Gasteiger partial charge in [0.25, 0.3) is 5.91 Å². The Bertz CT molecular complexity index is 911. The molecule has 172 valence electrons. The molecular formula is C20H24N4O8. The molecule has 1 aromatic rings. The first-order valence-electron chi connectivity index (χ1n) is 9.41. The highest BCUT2D eigenvalue weighted by atomic mass is 16.5. The fourth-order valence-electron chi connectivity index (χ4n) is 2.48. The highest BCUT2D eigenvalue weighted by molar-refractivity contribution is 5.93. The lowest BCUT2D eigenvalue weighted by molar-refractivity contribution is -0.139. The number of hydrogen-bond acceptors (Lipinski definition) is 7. The molecule has 12 heteroatoms. The standard InChI is InChI=1S/C20H24N4O8/c1-2-12-4-3-5-13(10-12)24(32)17(26)9-7-15(19(29)22-11-18(27)28)23-16(25)8-6-14(21)20(30)31/h1,3-5,10,14-15,32H,6-9,11,21H2,(H,22,29)(H,23,25)(H,27,28)(H,30,31). The fraction of sp³-hybridized carbons (Fsp3) is 0.350. The summed E-state index contributed by atoms with van der Waals surface area (Å²) in [4.78, 5) is 58.0. The molecule has 2 atom stereocenters. The van der Waals surface area contributed by atoms with Gasteiger partial charge in [-0.15, -0.1) is 6.42 Å². The van der Waals surface area contributed by atoms with Gasteiger partial charge in [0.15, 0.2) is 0 Å². The second kappa shape index (κ2) is 12.7. The number of nitrogens with one attached hydrogen (secondary N) is 2. The van der Waals surface area contributed by atoms with Crippen LogP contribution in [0.5, 0.6) is 0 Å². The van der Waals surface area contributed by atoms with Gasteiger partial charge in [0.1, 0.15) is 18.6 Å². The van der Waals surface area contributed by atoms with Crippen molar-refractivity contribution < 1.29 is 39.4 Å². The van der Waals surface area contributed by atoms with Gasteiger partial charge in [0.2, 0.25) is 11.8 Å². The number of carbonyl (C=O) groups excluding carboxylic acids is 3. The Morgan fingerprint density at radius 1 is 1.12 bits per heavy atom. The topological polar surface area (TPSA) is 199 Å². The lowest BCUT2D eigenvalue weighted by atomic mass is 10.1. The zero-order valence-electron chi connectivity index (χ0n) is 17.0. The molecule has 0 bridgehead atoms. The molecule has 0 heterocycles. The van der Waals surface area contributed by atoms with E-state index in [2.05, 4.69) is 16.6 Å². The summed E-state index contributed by atoms with van der Waals surface area (Å²) in [6.07, 6.45) is 4.11. The van der Waals surface area contributed by atoms with Gasteiger partial charge < -0.3 is 26.6 Å². The van der Waals surface area contributed by atoms with Crippen molar-refractivity contribution in [1.29, 1.82) is 0 Å². The average Bonchev–Trinajstić information content (AvgIpc) is 2.77. The maximum atomic E-state index is 12.3. The Labute approximate surface area is 183 Å². The largest absolute Gasteiger partial charge is 0.480 e. The molecule has 0 radical (unpaired) electrons. The van der Waals surface area contributed by atoms with Crippen molar-refractivity contribution in [2.24, 2.45) is 5.73 Å². The molecule has 0 aliphatic carbocycles. The minimum absolute atomic E-state index is 0.101. The number of nitrogens with two attached hydrogens (primary N) is 1. The molecule has 2 unspecified atom stereocenters. The number of hydrogen-bond donors (Lipinski definition) is 6. The van der Waals surface area contributed by atoms with Crippen LogP contribution in [0.2, 0.25) is 0 Å². The molecule has 0 saturated heterocycles. The number of anilines is 1. The lowest BCUT2D eigenvalue weighted by Crippen LogP contribution is -2.48. The van der Waals surface area contributed by atoms with Crippen LogP contribution >= 0.6 is 0 Å². The summed E-state index contributed by atoms with van der Waals surface area (Å²) in [6.45, 7) is -0.714. The fourth-order valence-corrected chi connectivity index (χ4v) is 2.48. The van der Waals surface area contributed by atoms with Crippen LogP contribution in [-0.2, 0) is 24.0 Å². The summed E-state index contributed by atoms with van der Waals surface area (Å²) < 4.78 is 0. The van der Waals surface area contributed by atoms with Crippen LogP contribution in [0.4, 0.5) is 5.69 Å². The van der Waals surface area contributed by atoms with Crippen LogP contribution in [0.25, 0.3) is 0 Å². The molecule has 12 nitrogen and oxygen atoms in total. The zero-order valence-corrected chi connectivity index (χ0v) is 17.0. The predicted molar refractivity (Wildman–Crippen MR) is 110 cm³/mol. The van der Waals surface area contributed by atoms with Crippen LogP contribution in [0.3, 0.4) is 0 Å². The van der Waals surface area contributed by atoms with Gasteiger partial charge in [-0.25, -0.2) is 0 Å². The summed E-state index contributed by atoms with van der Waals surface area (Å²) in [5, 5.41) is 32.3. The van der Waals surface area contributed by atoms with E-state index >= 15 is 0 Å². The molecule has 0 saturated carbocycles. The van der Waals surface area contributed by atoms with Crippen LogP contribution in [0.1, 0.15) is 31.2 Å². The second-order valence-corrected chi connectivity index (χ2v) is 6.65. The Hall–Kier alpha value is -3.95. The van der Waals surface area contributed by atoms with Crippen molar-refractivity contribution in [1.82, 2.24) is 10.6 Å². The van der Waals surface area contributed by atoms with Crippen molar-refractivity contribution in [3.63, 3.8) is 0 Å². The second-order valence-electron chi connectivity index (χ2n) is 6.65. The minimum Gasteiger partial charge on any atom is -0.480 e. The molecule has 7 N–H and O–H groups in total. The number of nitrogens with zero attached hydrogens (tertiary/aromatic N) is 1. The Morgan fingerprint density at radius 2 is 1.81 bits per heavy atom. The first-order valence-corrected chi connectivity index (χ1v) is 9.41. The number of benzene rings is 1. The van der Waals surface area contributed by atoms with E-state index in [0.717, 1.165) is 0 Å². The normalized spacial score (nSPS) is 12.0. The molecule has 0 spiro atoms. The number of carbonyl (C=O) groups is 5. The van der Waals surface area contributed by atoms with E-state index in [9.17, 15) is 29.2 Å². The molecule has 0 fully saturated rings. The van der Waals surface area contributed by atoms with E-state index in [1.54, 1.807) is 6.07 Å². The molecular weight excluding hydrogens is 424 g/mol. The quantitative estimate of drug-likeness (QED) is 0.132. The van der Waals surface area contributed by atoms with Gasteiger partial charge in [-0.3, -0.25) is 29.2 Å². The molecule has 0 aliphatic heterocycles. The molecule has 32 heavy (non-hydrogen) atoms. The van der Waals surface area contributed by atoms with Crippen molar-refractivity contribution in [2.75, 3.05) is 11.6 Å². The first kappa shape index (κ1) is 26.1. The Morgan fingerprint density at radius 3 is 2.41 bits per heavy atom. The number of rotatable bonds is 12. The highest BCUT2D eigenvalue weighted by Gasteiger charge is 2.24. The van der Waals surface area contributed by atoms with Gasteiger partial charge in [0, 0.05) is 18.4 Å². The van der Waals surface area contributed by atoms with E-state index in [1.807, 2.05) is 0 Å². The molecule has 1 rings (SSSR count). The molecule has 0 aromatic heterocycles. The Balaban J connectivity index is 2.79. The van der Waals surface area contributed by atoms with Crippen LogP contribution in [-0.4, -0.2) is 63.7 Å². The highest BCUT2D eigenvalue weighted by Crippen LogP contribution is 2.16. The molecule has 3 amide bonds. The number of carboxylic acid groups (broad SMARTS) is 2. The van der Waals surface area contributed by atoms with E-state index in [-0.39, 0.29) is 24.9 Å². The lowest BCUT2D eigenvalue weighted by Gasteiger charge is -2.20. The number of hydroxylamine groups is 1. The van der Waals surface area contributed by atoms with E-state index in [4.69, 9.17) is 22.4 Å². The summed E-state index contributed by atoms with van der Waals surface area (Å²) in [7, 11) is 0. The van der Waals surface area contributed by atoms with E-state index < -0.39 is 54.7 Å². The third-order valence-corrected chi connectivity index (χ3v) is 4.21. The monoisotopic (exact) mass is 448 g/mol. The summed E-state index contributed by atoms with van der Waals surface area (Å²) >= 11 is 0. The maximum Gasteiger partial charge on any atom is 0.322 e. The third kappa shape index (κ3) is 8.82. The number of carboxylic acids is 2. The van der Waals surface area contributed by atoms with Gasteiger partial charge >= 0.3 is 11.9 Å². The zero-order chi connectivity index (χ0) is 24.3. The smallest absolute Gasteiger partial charge is 0.322 e. The van der Waals surface area contributed by atoms with Crippen molar-refractivity contribution in [3.05, 3.63) is 29.8 Å². The predicted octanol–water partition coefficient (Wildman–Crippen LogP) is -0.952. The summed E-state index contributed by atoms with van der Waals surface area (Å²) in [5.74, 6) is -2.65. The van der Waals surface area contributed by atoms with Gasteiger partial charge in [-0.05, 0) is 31.0 Å². The summed E-state index contributed by atoms with van der Waals surface area (Å²) in [6, 6.07) is 3.37.